The van der Waals surface area contributed by atoms with Crippen LogP contribution in [-0.2, 0) is 14.3 Å². The molecule has 0 spiro atoms. The molecule has 0 aromatic rings. The molecular weight excluding hydrogens is 262 g/mol. The van der Waals surface area contributed by atoms with Crippen LogP contribution in [0.1, 0.15) is 46.0 Å². The molecule has 110 valence electrons. The number of carbonyl (C=O) groups is 2. The Morgan fingerprint density at radius 2 is 2.00 bits per heavy atom. The molecule has 0 unspecified atom stereocenters. The van der Waals surface area contributed by atoms with Crippen molar-refractivity contribution in [2.24, 2.45) is 5.92 Å². The summed E-state index contributed by atoms with van der Waals surface area (Å²) in [5.74, 6) is 1.61. The number of amides is 1. The van der Waals surface area contributed by atoms with Crippen LogP contribution in [0, 0.1) is 5.92 Å². The van der Waals surface area contributed by atoms with Crippen LogP contribution in [-0.4, -0.2) is 36.0 Å². The van der Waals surface area contributed by atoms with Gasteiger partial charge in [0.25, 0.3) is 0 Å². The SMILES string of the molecule is COC(=O)CSCCC(=O)NC1(C)CCC(C)CC1. The Balaban J connectivity index is 2.18. The van der Waals surface area contributed by atoms with Gasteiger partial charge in [-0.1, -0.05) is 6.92 Å². The molecule has 4 nitrogen and oxygen atoms in total. The lowest BCUT2D eigenvalue weighted by Crippen LogP contribution is -2.48. The lowest BCUT2D eigenvalue weighted by atomic mass is 9.78. The third-order valence-electron chi connectivity index (χ3n) is 3.74. The summed E-state index contributed by atoms with van der Waals surface area (Å²) in [4.78, 5) is 22.8. The predicted octanol–water partition coefficient (Wildman–Crippen LogP) is 2.37. The number of nitrogens with one attached hydrogen (secondary N) is 1. The van der Waals surface area contributed by atoms with Crippen LogP contribution in [0.5, 0.6) is 0 Å². The minimum absolute atomic E-state index is 0.0311. The molecule has 1 N–H and O–H groups in total. The molecule has 1 saturated carbocycles. The van der Waals surface area contributed by atoms with E-state index in [0.29, 0.717) is 17.9 Å². The Bertz CT molecular complexity index is 312. The molecule has 19 heavy (non-hydrogen) atoms. The molecule has 0 atom stereocenters. The monoisotopic (exact) mass is 287 g/mol. The summed E-state index contributed by atoms with van der Waals surface area (Å²) in [6, 6.07) is 0. The molecule has 0 bridgehead atoms. The van der Waals surface area contributed by atoms with Crippen molar-refractivity contribution in [2.75, 3.05) is 18.6 Å². The fraction of sp³-hybridized carbons (Fsp3) is 0.857. The van der Waals surface area contributed by atoms with Crippen LogP contribution in [0.15, 0.2) is 0 Å². The van der Waals surface area contributed by atoms with Gasteiger partial charge in [0.15, 0.2) is 0 Å². The second-order valence-electron chi connectivity index (χ2n) is 5.67. The highest BCUT2D eigenvalue weighted by atomic mass is 32.2. The van der Waals surface area contributed by atoms with E-state index in [4.69, 9.17) is 0 Å². The highest BCUT2D eigenvalue weighted by Crippen LogP contribution is 2.31. The first-order chi connectivity index (χ1) is 8.95. The number of thioether (sulfide) groups is 1. The first-order valence-electron chi connectivity index (χ1n) is 6.91. The molecule has 0 saturated heterocycles. The zero-order valence-electron chi connectivity index (χ0n) is 12.2. The van der Waals surface area contributed by atoms with Gasteiger partial charge in [0.05, 0.1) is 12.9 Å². The van der Waals surface area contributed by atoms with Crippen molar-refractivity contribution in [3.63, 3.8) is 0 Å². The van der Waals surface area contributed by atoms with Crippen LogP contribution < -0.4 is 5.32 Å². The van der Waals surface area contributed by atoms with Crippen molar-refractivity contribution in [3.8, 4) is 0 Å². The van der Waals surface area contributed by atoms with Gasteiger partial charge in [0.2, 0.25) is 5.91 Å². The maximum atomic E-state index is 11.9. The second kappa shape index (κ2) is 7.78. The molecule has 1 amide bonds. The summed E-state index contributed by atoms with van der Waals surface area (Å²) < 4.78 is 4.54. The van der Waals surface area contributed by atoms with E-state index in [2.05, 4.69) is 23.9 Å². The maximum Gasteiger partial charge on any atom is 0.315 e. The molecular formula is C14H25NO3S. The van der Waals surface area contributed by atoms with E-state index in [1.807, 2.05) is 0 Å². The van der Waals surface area contributed by atoms with Crippen LogP contribution in [0.3, 0.4) is 0 Å². The second-order valence-corrected chi connectivity index (χ2v) is 6.78. The molecule has 0 radical (unpaired) electrons. The third kappa shape index (κ3) is 6.32. The lowest BCUT2D eigenvalue weighted by Gasteiger charge is -2.37. The summed E-state index contributed by atoms with van der Waals surface area (Å²) in [5, 5.41) is 3.15. The zero-order chi connectivity index (χ0) is 14.3. The minimum atomic E-state index is -0.237. The van der Waals surface area contributed by atoms with Crippen molar-refractivity contribution >= 4 is 23.6 Å². The molecule has 1 fully saturated rings. The van der Waals surface area contributed by atoms with Gasteiger partial charge in [-0.2, -0.15) is 0 Å². The van der Waals surface area contributed by atoms with Gasteiger partial charge in [-0.3, -0.25) is 9.59 Å². The summed E-state index contributed by atoms with van der Waals surface area (Å²) in [6.45, 7) is 4.41. The molecule has 5 heteroatoms. The largest absolute Gasteiger partial charge is 0.468 e. The van der Waals surface area contributed by atoms with E-state index in [0.717, 1.165) is 18.8 Å². The summed E-state index contributed by atoms with van der Waals surface area (Å²) in [6.07, 6.45) is 4.97. The number of hydrogen-bond acceptors (Lipinski definition) is 4. The Morgan fingerprint density at radius 3 is 2.58 bits per heavy atom. The molecule has 0 aliphatic heterocycles. The molecule has 1 aliphatic carbocycles. The fourth-order valence-electron chi connectivity index (χ4n) is 2.30. The maximum absolute atomic E-state index is 11.9. The van der Waals surface area contributed by atoms with E-state index in [1.54, 1.807) is 0 Å². The van der Waals surface area contributed by atoms with Gasteiger partial charge < -0.3 is 10.1 Å². The average Bonchev–Trinajstić information content (AvgIpc) is 2.38. The van der Waals surface area contributed by atoms with Crippen LogP contribution in [0.2, 0.25) is 0 Å². The van der Waals surface area contributed by atoms with Crippen LogP contribution >= 0.6 is 11.8 Å². The van der Waals surface area contributed by atoms with Gasteiger partial charge >= 0.3 is 5.97 Å². The van der Waals surface area contributed by atoms with E-state index >= 15 is 0 Å². The number of ether oxygens (including phenoxy) is 1. The topological polar surface area (TPSA) is 55.4 Å². The van der Waals surface area contributed by atoms with Crippen molar-refractivity contribution in [2.45, 2.75) is 51.5 Å². The molecule has 0 aromatic carbocycles. The predicted molar refractivity (Wildman–Crippen MR) is 78.1 cm³/mol. The van der Waals surface area contributed by atoms with Crippen molar-refractivity contribution in [1.82, 2.24) is 5.32 Å². The third-order valence-corrected chi connectivity index (χ3v) is 4.67. The van der Waals surface area contributed by atoms with Gasteiger partial charge in [-0.15, -0.1) is 11.8 Å². The van der Waals surface area contributed by atoms with Crippen molar-refractivity contribution < 1.29 is 14.3 Å². The van der Waals surface area contributed by atoms with Gasteiger partial charge in [0.1, 0.15) is 0 Å². The first kappa shape index (κ1) is 16.3. The van der Waals surface area contributed by atoms with Crippen molar-refractivity contribution in [3.05, 3.63) is 0 Å². The molecule has 0 heterocycles. The van der Waals surface area contributed by atoms with E-state index in [9.17, 15) is 9.59 Å². The minimum Gasteiger partial charge on any atom is -0.468 e. The summed E-state index contributed by atoms with van der Waals surface area (Å²) in [5.41, 5.74) is -0.0311. The summed E-state index contributed by atoms with van der Waals surface area (Å²) >= 11 is 1.44. The molecule has 1 rings (SSSR count). The Hall–Kier alpha value is -0.710. The summed E-state index contributed by atoms with van der Waals surface area (Å²) in [7, 11) is 1.38. The van der Waals surface area contributed by atoms with E-state index in [1.165, 1.54) is 31.7 Å². The number of methoxy groups -OCH3 is 1. The number of esters is 1. The lowest BCUT2D eigenvalue weighted by molar-refractivity contribution is -0.137. The van der Waals surface area contributed by atoms with Gasteiger partial charge in [0, 0.05) is 17.7 Å². The normalized spacial score (nSPS) is 26.8. The van der Waals surface area contributed by atoms with E-state index in [-0.39, 0.29) is 17.4 Å². The highest BCUT2D eigenvalue weighted by Gasteiger charge is 2.30. The van der Waals surface area contributed by atoms with Gasteiger partial charge in [-0.25, -0.2) is 0 Å². The zero-order valence-corrected chi connectivity index (χ0v) is 13.0. The first-order valence-corrected chi connectivity index (χ1v) is 8.06. The van der Waals surface area contributed by atoms with Crippen LogP contribution in [0.25, 0.3) is 0 Å². The molecule has 1 aliphatic rings. The fourth-order valence-corrected chi connectivity index (χ4v) is 3.06. The molecule has 0 aromatic heterocycles. The van der Waals surface area contributed by atoms with Crippen molar-refractivity contribution in [1.29, 1.82) is 0 Å². The Morgan fingerprint density at radius 1 is 1.37 bits per heavy atom. The Kier molecular flexibility index (Phi) is 6.69. The smallest absolute Gasteiger partial charge is 0.315 e. The Labute approximate surface area is 120 Å². The highest BCUT2D eigenvalue weighted by molar-refractivity contribution is 7.99. The quantitative estimate of drug-likeness (QED) is 0.602. The van der Waals surface area contributed by atoms with Gasteiger partial charge in [-0.05, 0) is 38.5 Å². The van der Waals surface area contributed by atoms with Crippen LogP contribution in [0.4, 0.5) is 0 Å². The number of rotatable bonds is 6. The number of hydrogen-bond donors (Lipinski definition) is 1. The van der Waals surface area contributed by atoms with E-state index < -0.39 is 0 Å². The number of carbonyl (C=O) groups excluding carboxylic acids is 2. The average molecular weight is 287 g/mol. The standard InChI is InChI=1S/C14H25NO3S/c1-11-4-7-14(2,8-5-11)15-12(16)6-9-19-10-13(17)18-3/h11H,4-10H2,1-3H3,(H,15,16).